The number of hydrogen-bond donors (Lipinski definition) is 2. The van der Waals surface area contributed by atoms with Crippen LogP contribution >= 0.6 is 35.6 Å². The van der Waals surface area contributed by atoms with Crippen LogP contribution in [0.5, 0.6) is 11.5 Å². The molecule has 0 aliphatic rings. The minimum atomic E-state index is -0.266. The van der Waals surface area contributed by atoms with E-state index in [1.165, 1.54) is 7.11 Å². The fraction of sp³-hybridized carbons (Fsp3) is 0.278. The van der Waals surface area contributed by atoms with Gasteiger partial charge in [0.2, 0.25) is 5.91 Å². The quantitative estimate of drug-likeness (QED) is 0.673. The molecule has 1 unspecified atom stereocenters. The summed E-state index contributed by atoms with van der Waals surface area (Å²) in [6.07, 6.45) is -0.0280. The lowest BCUT2D eigenvalue weighted by Gasteiger charge is -2.13. The first kappa shape index (κ1) is 22.5. The van der Waals surface area contributed by atoms with Crippen LogP contribution in [0.3, 0.4) is 0 Å². The van der Waals surface area contributed by atoms with Gasteiger partial charge in [0.05, 0.1) is 17.5 Å². The van der Waals surface area contributed by atoms with Gasteiger partial charge in [0.1, 0.15) is 16.5 Å². The van der Waals surface area contributed by atoms with E-state index in [0.717, 1.165) is 5.56 Å². The van der Waals surface area contributed by atoms with Crippen molar-refractivity contribution in [2.24, 2.45) is 5.73 Å². The molecule has 0 saturated carbocycles. The standard InChI is InChI=1S/C18H20Cl2N2O3.ClH/c1-24-14(10-21)9-17(23)22-11-12-5-7-13(8-6-12)25-16-4-2-3-15(19)18(16)20;/h2-8,14H,9-11,21H2,1H3,(H,22,23);1H. The third-order valence-electron chi connectivity index (χ3n) is 3.57. The molecule has 0 fully saturated rings. The summed E-state index contributed by atoms with van der Waals surface area (Å²) in [5.74, 6) is 1.01. The van der Waals surface area contributed by atoms with Gasteiger partial charge in [-0.1, -0.05) is 41.4 Å². The summed E-state index contributed by atoms with van der Waals surface area (Å²) in [7, 11) is 1.54. The fourth-order valence-corrected chi connectivity index (χ4v) is 2.44. The second kappa shape index (κ2) is 11.3. The van der Waals surface area contributed by atoms with Crippen molar-refractivity contribution in [3.8, 4) is 11.5 Å². The van der Waals surface area contributed by atoms with Crippen molar-refractivity contribution in [3.05, 3.63) is 58.1 Å². The van der Waals surface area contributed by atoms with Crippen LogP contribution in [-0.2, 0) is 16.1 Å². The lowest BCUT2D eigenvalue weighted by atomic mass is 10.2. The molecule has 0 heterocycles. The van der Waals surface area contributed by atoms with E-state index in [9.17, 15) is 4.79 Å². The van der Waals surface area contributed by atoms with E-state index in [2.05, 4.69) is 5.32 Å². The van der Waals surface area contributed by atoms with Crippen LogP contribution in [0.2, 0.25) is 10.0 Å². The zero-order chi connectivity index (χ0) is 18.2. The van der Waals surface area contributed by atoms with Gasteiger partial charge in [-0.15, -0.1) is 12.4 Å². The molecule has 5 nitrogen and oxygen atoms in total. The maximum absolute atomic E-state index is 11.8. The highest BCUT2D eigenvalue weighted by atomic mass is 35.5. The Morgan fingerprint density at radius 3 is 2.50 bits per heavy atom. The molecule has 0 saturated heterocycles. The van der Waals surface area contributed by atoms with Crippen molar-refractivity contribution in [2.45, 2.75) is 19.1 Å². The van der Waals surface area contributed by atoms with Crippen molar-refractivity contribution < 1.29 is 14.3 Å². The zero-order valence-corrected chi connectivity index (χ0v) is 16.5. The smallest absolute Gasteiger partial charge is 0.222 e. The number of nitrogens with two attached hydrogens (primary N) is 1. The van der Waals surface area contributed by atoms with Gasteiger partial charge in [-0.25, -0.2) is 0 Å². The van der Waals surface area contributed by atoms with Crippen molar-refractivity contribution in [1.82, 2.24) is 5.32 Å². The highest BCUT2D eigenvalue weighted by Gasteiger charge is 2.11. The SMILES string of the molecule is COC(CN)CC(=O)NCc1ccc(Oc2cccc(Cl)c2Cl)cc1.Cl. The number of methoxy groups -OCH3 is 1. The zero-order valence-electron chi connectivity index (χ0n) is 14.2. The largest absolute Gasteiger partial charge is 0.456 e. The number of rotatable bonds is 8. The number of ether oxygens (including phenoxy) is 2. The average Bonchev–Trinajstić information content (AvgIpc) is 2.63. The third-order valence-corrected chi connectivity index (χ3v) is 4.37. The molecule has 8 heteroatoms. The molecule has 0 aliphatic carbocycles. The second-order valence-electron chi connectivity index (χ2n) is 5.37. The lowest BCUT2D eigenvalue weighted by molar-refractivity contribution is -0.123. The van der Waals surface area contributed by atoms with Gasteiger partial charge in [0.15, 0.2) is 0 Å². The second-order valence-corrected chi connectivity index (χ2v) is 6.16. The molecule has 0 spiro atoms. The van der Waals surface area contributed by atoms with Crippen LogP contribution in [0, 0.1) is 0 Å². The Morgan fingerprint density at radius 2 is 1.88 bits per heavy atom. The van der Waals surface area contributed by atoms with Gasteiger partial charge in [-0.2, -0.15) is 0 Å². The van der Waals surface area contributed by atoms with Gasteiger partial charge < -0.3 is 20.5 Å². The number of carbonyl (C=O) groups excluding carboxylic acids is 1. The maximum Gasteiger partial charge on any atom is 0.222 e. The van der Waals surface area contributed by atoms with Crippen LogP contribution in [0.15, 0.2) is 42.5 Å². The summed E-state index contributed by atoms with van der Waals surface area (Å²) in [6, 6.07) is 12.5. The molecule has 2 rings (SSSR count). The van der Waals surface area contributed by atoms with Gasteiger partial charge in [0.25, 0.3) is 0 Å². The number of halogens is 3. The number of hydrogen-bond acceptors (Lipinski definition) is 4. The van der Waals surface area contributed by atoms with Gasteiger partial charge in [-0.3, -0.25) is 4.79 Å². The van der Waals surface area contributed by atoms with E-state index >= 15 is 0 Å². The van der Waals surface area contributed by atoms with Crippen molar-refractivity contribution in [1.29, 1.82) is 0 Å². The lowest BCUT2D eigenvalue weighted by Crippen LogP contribution is -2.31. The molecule has 0 aliphatic heterocycles. The summed E-state index contributed by atoms with van der Waals surface area (Å²) >= 11 is 12.1. The third kappa shape index (κ3) is 6.67. The van der Waals surface area contributed by atoms with E-state index < -0.39 is 0 Å². The normalized spacial score (nSPS) is 11.4. The molecule has 1 amide bonds. The van der Waals surface area contributed by atoms with Crippen LogP contribution in [0.25, 0.3) is 0 Å². The molecule has 0 bridgehead atoms. The molecular weight excluding hydrogens is 399 g/mol. The number of nitrogens with one attached hydrogen (secondary N) is 1. The molecule has 26 heavy (non-hydrogen) atoms. The molecule has 0 aromatic heterocycles. The van der Waals surface area contributed by atoms with Crippen LogP contribution in [0.1, 0.15) is 12.0 Å². The van der Waals surface area contributed by atoms with Gasteiger partial charge in [-0.05, 0) is 29.8 Å². The Labute approximate surface area is 169 Å². The van der Waals surface area contributed by atoms with Crippen molar-refractivity contribution in [3.63, 3.8) is 0 Å². The molecule has 142 valence electrons. The molecule has 2 aromatic rings. The molecule has 0 radical (unpaired) electrons. The number of carbonyl (C=O) groups is 1. The Morgan fingerprint density at radius 1 is 1.19 bits per heavy atom. The Kier molecular flexibility index (Phi) is 9.76. The van der Waals surface area contributed by atoms with E-state index in [1.54, 1.807) is 30.3 Å². The number of benzene rings is 2. The van der Waals surface area contributed by atoms with Crippen LogP contribution in [0.4, 0.5) is 0 Å². The van der Waals surface area contributed by atoms with Crippen molar-refractivity contribution >= 4 is 41.5 Å². The summed E-state index contributed by atoms with van der Waals surface area (Å²) in [4.78, 5) is 11.8. The van der Waals surface area contributed by atoms with Gasteiger partial charge >= 0.3 is 0 Å². The summed E-state index contributed by atoms with van der Waals surface area (Å²) in [5.41, 5.74) is 6.45. The van der Waals surface area contributed by atoms with E-state index in [4.69, 9.17) is 38.4 Å². The molecule has 2 aromatic carbocycles. The van der Waals surface area contributed by atoms with E-state index in [-0.39, 0.29) is 30.8 Å². The van der Waals surface area contributed by atoms with Gasteiger partial charge in [0, 0.05) is 20.2 Å². The summed E-state index contributed by atoms with van der Waals surface area (Å²) in [5, 5.41) is 3.63. The molecule has 3 N–H and O–H groups in total. The minimum absolute atomic E-state index is 0. The molecular formula is C18H21Cl3N2O3. The Balaban J connectivity index is 0.00000338. The summed E-state index contributed by atoms with van der Waals surface area (Å²) in [6.45, 7) is 0.722. The Hall–Kier alpha value is -1.50. The topological polar surface area (TPSA) is 73.6 Å². The van der Waals surface area contributed by atoms with E-state index in [1.807, 2.05) is 12.1 Å². The number of amides is 1. The fourth-order valence-electron chi connectivity index (χ4n) is 2.11. The van der Waals surface area contributed by atoms with E-state index in [0.29, 0.717) is 34.6 Å². The Bertz CT molecular complexity index is 707. The molecule has 1 atom stereocenters. The van der Waals surface area contributed by atoms with Crippen molar-refractivity contribution in [2.75, 3.05) is 13.7 Å². The first-order chi connectivity index (χ1) is 12.0. The first-order valence-electron chi connectivity index (χ1n) is 7.74. The summed E-state index contributed by atoms with van der Waals surface area (Å²) < 4.78 is 10.8. The maximum atomic E-state index is 11.8. The average molecular weight is 420 g/mol. The highest BCUT2D eigenvalue weighted by Crippen LogP contribution is 2.34. The monoisotopic (exact) mass is 418 g/mol. The predicted molar refractivity (Wildman–Crippen MR) is 107 cm³/mol. The predicted octanol–water partition coefficient (Wildman–Crippen LogP) is 4.19. The van der Waals surface area contributed by atoms with Crippen LogP contribution < -0.4 is 15.8 Å². The van der Waals surface area contributed by atoms with Crippen LogP contribution in [-0.4, -0.2) is 25.7 Å². The first-order valence-corrected chi connectivity index (χ1v) is 8.49. The highest BCUT2D eigenvalue weighted by molar-refractivity contribution is 6.42. The minimum Gasteiger partial charge on any atom is -0.456 e.